The molecule has 0 atom stereocenters. The van der Waals surface area contributed by atoms with E-state index in [-0.39, 0.29) is 11.7 Å². The van der Waals surface area contributed by atoms with Crippen molar-refractivity contribution in [2.24, 2.45) is 0 Å². The summed E-state index contributed by atoms with van der Waals surface area (Å²) in [7, 11) is 3.97. The van der Waals surface area contributed by atoms with E-state index in [4.69, 9.17) is 0 Å². The van der Waals surface area contributed by atoms with Crippen LogP contribution in [0.25, 0.3) is 11.3 Å². The van der Waals surface area contributed by atoms with Crippen LogP contribution in [-0.4, -0.2) is 61.3 Å². The van der Waals surface area contributed by atoms with Crippen LogP contribution in [0.2, 0.25) is 0 Å². The van der Waals surface area contributed by atoms with Crippen molar-refractivity contribution in [2.45, 2.75) is 6.42 Å². The minimum Gasteiger partial charge on any atom is -0.378 e. The van der Waals surface area contributed by atoms with Gasteiger partial charge < -0.3 is 14.7 Å². The Kier molecular flexibility index (Phi) is 5.70. The molecular formula is C23H26FN5O. The SMILES string of the molecule is CN(C)c1ccc(C(=O)N2CCCN(c3cc(-c4ccc(F)cc4)[nH]n3)CC2)cc1. The minimum atomic E-state index is -0.257. The summed E-state index contributed by atoms with van der Waals surface area (Å²) in [5, 5.41) is 7.47. The molecule has 1 aliphatic rings. The van der Waals surface area contributed by atoms with Crippen molar-refractivity contribution >= 4 is 17.4 Å². The van der Waals surface area contributed by atoms with Crippen LogP contribution in [0, 0.1) is 5.82 Å². The standard InChI is InChI=1S/C23H26FN5O/c1-27(2)20-10-6-18(7-11-20)23(30)29-13-3-12-28(14-15-29)22-16-21(25-26-22)17-4-8-19(24)9-5-17/h4-11,16H,3,12-15H2,1-2H3,(H,25,26). The van der Waals surface area contributed by atoms with Crippen LogP contribution >= 0.6 is 0 Å². The number of hydrogen-bond donors (Lipinski definition) is 1. The summed E-state index contributed by atoms with van der Waals surface area (Å²) in [5.41, 5.74) is 3.53. The number of anilines is 2. The molecule has 2 heterocycles. The first kappa shape index (κ1) is 19.9. The molecule has 2 aromatic carbocycles. The zero-order valence-corrected chi connectivity index (χ0v) is 17.3. The van der Waals surface area contributed by atoms with Crippen LogP contribution in [0.4, 0.5) is 15.9 Å². The van der Waals surface area contributed by atoms with Gasteiger partial charge in [0.05, 0.1) is 5.69 Å². The molecule has 0 aliphatic carbocycles. The highest BCUT2D eigenvalue weighted by atomic mass is 19.1. The predicted molar refractivity (Wildman–Crippen MR) is 117 cm³/mol. The zero-order valence-electron chi connectivity index (χ0n) is 17.3. The predicted octanol–water partition coefficient (Wildman–Crippen LogP) is 3.63. The summed E-state index contributed by atoms with van der Waals surface area (Å²) in [6.07, 6.45) is 0.875. The fourth-order valence-electron chi connectivity index (χ4n) is 3.68. The number of carbonyl (C=O) groups is 1. The average molecular weight is 407 g/mol. The number of rotatable bonds is 4. The highest BCUT2D eigenvalue weighted by molar-refractivity contribution is 5.94. The van der Waals surface area contributed by atoms with Gasteiger partial charge in [0.25, 0.3) is 5.91 Å². The van der Waals surface area contributed by atoms with Crippen LogP contribution in [0.1, 0.15) is 16.8 Å². The Labute approximate surface area is 175 Å². The second-order valence-electron chi connectivity index (χ2n) is 7.72. The van der Waals surface area contributed by atoms with Crippen molar-refractivity contribution in [2.75, 3.05) is 50.1 Å². The highest BCUT2D eigenvalue weighted by Crippen LogP contribution is 2.23. The van der Waals surface area contributed by atoms with Gasteiger partial charge in [0.15, 0.2) is 5.82 Å². The van der Waals surface area contributed by atoms with Gasteiger partial charge in [0.1, 0.15) is 5.82 Å². The molecule has 0 unspecified atom stereocenters. The van der Waals surface area contributed by atoms with Gasteiger partial charge in [-0.05, 0) is 60.5 Å². The average Bonchev–Trinajstić information content (AvgIpc) is 3.12. The van der Waals surface area contributed by atoms with E-state index >= 15 is 0 Å². The first-order chi connectivity index (χ1) is 14.5. The molecule has 6 nitrogen and oxygen atoms in total. The van der Waals surface area contributed by atoms with Crippen molar-refractivity contribution in [1.29, 1.82) is 0 Å². The lowest BCUT2D eigenvalue weighted by Crippen LogP contribution is -2.35. The van der Waals surface area contributed by atoms with E-state index in [2.05, 4.69) is 15.1 Å². The van der Waals surface area contributed by atoms with Gasteiger partial charge in [-0.25, -0.2) is 4.39 Å². The Morgan fingerprint density at radius 3 is 2.43 bits per heavy atom. The van der Waals surface area contributed by atoms with Crippen molar-refractivity contribution < 1.29 is 9.18 Å². The quantitative estimate of drug-likeness (QED) is 0.718. The molecule has 4 rings (SSSR count). The van der Waals surface area contributed by atoms with E-state index < -0.39 is 0 Å². The van der Waals surface area contributed by atoms with Gasteiger partial charge >= 0.3 is 0 Å². The smallest absolute Gasteiger partial charge is 0.253 e. The minimum absolute atomic E-state index is 0.0659. The molecule has 3 aromatic rings. The number of aromatic amines is 1. The summed E-state index contributed by atoms with van der Waals surface area (Å²) in [5.74, 6) is 0.655. The molecule has 1 fully saturated rings. The molecule has 1 aromatic heterocycles. The summed E-state index contributed by atoms with van der Waals surface area (Å²) >= 11 is 0. The molecule has 30 heavy (non-hydrogen) atoms. The Balaban J connectivity index is 1.41. The molecule has 1 aliphatic heterocycles. The largest absolute Gasteiger partial charge is 0.378 e. The summed E-state index contributed by atoms with van der Waals surface area (Å²) in [6, 6.07) is 16.0. The fourth-order valence-corrected chi connectivity index (χ4v) is 3.68. The fraction of sp³-hybridized carbons (Fsp3) is 0.304. The zero-order chi connectivity index (χ0) is 21.1. The summed E-state index contributed by atoms with van der Waals surface area (Å²) < 4.78 is 13.2. The topological polar surface area (TPSA) is 55.5 Å². The van der Waals surface area contributed by atoms with Crippen molar-refractivity contribution in [3.8, 4) is 11.3 Å². The normalized spacial score (nSPS) is 14.5. The number of hydrogen-bond acceptors (Lipinski definition) is 4. The monoisotopic (exact) mass is 407 g/mol. The van der Waals surface area contributed by atoms with E-state index in [1.807, 2.05) is 54.2 Å². The maximum absolute atomic E-state index is 13.2. The third-order valence-corrected chi connectivity index (χ3v) is 5.46. The molecule has 1 N–H and O–H groups in total. The maximum Gasteiger partial charge on any atom is 0.253 e. The van der Waals surface area contributed by atoms with Crippen LogP contribution in [0.15, 0.2) is 54.6 Å². The van der Waals surface area contributed by atoms with Crippen molar-refractivity contribution in [3.05, 3.63) is 66.0 Å². The third-order valence-electron chi connectivity index (χ3n) is 5.46. The van der Waals surface area contributed by atoms with Gasteiger partial charge in [-0.15, -0.1) is 0 Å². The lowest BCUT2D eigenvalue weighted by atomic mass is 10.1. The molecule has 0 radical (unpaired) electrons. The Morgan fingerprint density at radius 2 is 1.73 bits per heavy atom. The number of nitrogens with one attached hydrogen (secondary N) is 1. The van der Waals surface area contributed by atoms with E-state index in [1.54, 1.807) is 12.1 Å². The van der Waals surface area contributed by atoms with Crippen molar-refractivity contribution in [3.63, 3.8) is 0 Å². The first-order valence-electron chi connectivity index (χ1n) is 10.1. The first-order valence-corrected chi connectivity index (χ1v) is 10.1. The maximum atomic E-state index is 13.2. The van der Waals surface area contributed by atoms with Gasteiger partial charge in [-0.3, -0.25) is 9.89 Å². The number of carbonyl (C=O) groups excluding carboxylic acids is 1. The lowest BCUT2D eigenvalue weighted by molar-refractivity contribution is 0.0767. The third kappa shape index (κ3) is 4.30. The molecule has 156 valence electrons. The number of halogens is 1. The number of H-pyrrole nitrogens is 1. The van der Waals surface area contributed by atoms with E-state index in [0.29, 0.717) is 12.1 Å². The number of aromatic nitrogens is 2. The summed E-state index contributed by atoms with van der Waals surface area (Å²) in [6.45, 7) is 2.92. The molecule has 0 saturated carbocycles. The van der Waals surface area contributed by atoms with Crippen LogP contribution in [0.5, 0.6) is 0 Å². The van der Waals surface area contributed by atoms with Gasteiger partial charge in [0, 0.05) is 57.6 Å². The van der Waals surface area contributed by atoms with E-state index in [0.717, 1.165) is 48.8 Å². The molecule has 1 saturated heterocycles. The number of amides is 1. The Hall–Kier alpha value is -3.35. The van der Waals surface area contributed by atoms with Crippen LogP contribution in [-0.2, 0) is 0 Å². The number of nitrogens with zero attached hydrogens (tertiary/aromatic N) is 4. The summed E-state index contributed by atoms with van der Waals surface area (Å²) in [4.78, 5) is 19.1. The molecule has 1 amide bonds. The number of benzene rings is 2. The van der Waals surface area contributed by atoms with E-state index in [1.165, 1.54) is 12.1 Å². The molecule has 7 heteroatoms. The van der Waals surface area contributed by atoms with Crippen molar-refractivity contribution in [1.82, 2.24) is 15.1 Å². The Morgan fingerprint density at radius 1 is 1.00 bits per heavy atom. The second-order valence-corrected chi connectivity index (χ2v) is 7.72. The molecular weight excluding hydrogens is 381 g/mol. The van der Waals surface area contributed by atoms with Gasteiger partial charge in [-0.2, -0.15) is 5.10 Å². The van der Waals surface area contributed by atoms with Gasteiger partial charge in [-0.1, -0.05) is 0 Å². The van der Waals surface area contributed by atoms with E-state index in [9.17, 15) is 9.18 Å². The highest BCUT2D eigenvalue weighted by Gasteiger charge is 2.22. The molecule has 0 spiro atoms. The molecule has 0 bridgehead atoms. The van der Waals surface area contributed by atoms with Gasteiger partial charge in [0.2, 0.25) is 0 Å². The van der Waals surface area contributed by atoms with Crippen LogP contribution < -0.4 is 9.80 Å². The lowest BCUT2D eigenvalue weighted by Gasteiger charge is -2.22. The Bertz CT molecular complexity index is 997. The van der Waals surface area contributed by atoms with Crippen LogP contribution in [0.3, 0.4) is 0 Å². The second kappa shape index (κ2) is 8.57.